The molecule has 0 spiro atoms. The molecule has 1 aliphatic heterocycles. The molecule has 1 fully saturated rings. The van der Waals surface area contributed by atoms with E-state index in [0.29, 0.717) is 16.6 Å². The number of hydrogen-bond acceptors (Lipinski definition) is 3. The van der Waals surface area contributed by atoms with E-state index in [9.17, 15) is 0 Å². The first-order valence-electron chi connectivity index (χ1n) is 5.46. The fourth-order valence-electron chi connectivity index (χ4n) is 2.20. The van der Waals surface area contributed by atoms with Crippen molar-refractivity contribution >= 4 is 29.2 Å². The fourth-order valence-corrected chi connectivity index (χ4v) is 2.42. The Morgan fingerprint density at radius 1 is 1.56 bits per heavy atom. The van der Waals surface area contributed by atoms with Crippen molar-refractivity contribution in [1.29, 1.82) is 5.41 Å². The van der Waals surface area contributed by atoms with Crippen molar-refractivity contribution in [2.24, 2.45) is 5.92 Å². The van der Waals surface area contributed by atoms with E-state index in [1.807, 2.05) is 6.07 Å². The predicted octanol–water partition coefficient (Wildman–Crippen LogP) is 2.77. The second kappa shape index (κ2) is 4.34. The van der Waals surface area contributed by atoms with Crippen molar-refractivity contribution in [2.45, 2.75) is 13.3 Å². The number of nitrogens with one attached hydrogen (secondary N) is 1. The predicted molar refractivity (Wildman–Crippen MR) is 69.7 cm³/mol. The second-order valence-corrected chi connectivity index (χ2v) is 4.85. The molecule has 1 unspecified atom stereocenters. The molecule has 0 radical (unpaired) electrons. The quantitative estimate of drug-likeness (QED) is 0.614. The van der Waals surface area contributed by atoms with Gasteiger partial charge in [-0.05, 0) is 24.5 Å². The zero-order valence-corrected chi connectivity index (χ0v) is 10.1. The van der Waals surface area contributed by atoms with Crippen molar-refractivity contribution in [3.05, 3.63) is 22.7 Å². The summed E-state index contributed by atoms with van der Waals surface area (Å²) in [5, 5.41) is 8.07. The zero-order chi connectivity index (χ0) is 11.7. The van der Waals surface area contributed by atoms with Crippen LogP contribution < -0.4 is 10.6 Å². The summed E-state index contributed by atoms with van der Waals surface area (Å²) >= 11 is 6.01. The van der Waals surface area contributed by atoms with Crippen molar-refractivity contribution in [2.75, 3.05) is 23.7 Å². The molecule has 0 amide bonds. The van der Waals surface area contributed by atoms with Gasteiger partial charge in [0.25, 0.3) is 0 Å². The molecule has 0 saturated carbocycles. The minimum Gasteiger partial charge on any atom is -0.398 e. The molecule has 3 nitrogen and oxygen atoms in total. The van der Waals surface area contributed by atoms with Gasteiger partial charge >= 0.3 is 0 Å². The monoisotopic (exact) mass is 237 g/mol. The first-order chi connectivity index (χ1) is 7.61. The SMILES string of the molecule is CC1CCN(c2cc(Cl)cc(N)c2C=N)C1. The third-order valence-electron chi connectivity index (χ3n) is 3.06. The highest BCUT2D eigenvalue weighted by molar-refractivity contribution is 6.31. The highest BCUT2D eigenvalue weighted by Gasteiger charge is 2.21. The Bertz CT molecular complexity index is 417. The van der Waals surface area contributed by atoms with Gasteiger partial charge in [0.2, 0.25) is 0 Å². The van der Waals surface area contributed by atoms with Gasteiger partial charge in [-0.1, -0.05) is 18.5 Å². The summed E-state index contributed by atoms with van der Waals surface area (Å²) in [6, 6.07) is 3.60. The van der Waals surface area contributed by atoms with Crippen LogP contribution in [0.25, 0.3) is 0 Å². The smallest absolute Gasteiger partial charge is 0.0491 e. The summed E-state index contributed by atoms with van der Waals surface area (Å²) in [5.74, 6) is 0.693. The Balaban J connectivity index is 2.42. The summed E-state index contributed by atoms with van der Waals surface area (Å²) in [6.45, 7) is 4.26. The molecular formula is C12H16ClN3. The second-order valence-electron chi connectivity index (χ2n) is 4.41. The van der Waals surface area contributed by atoms with E-state index < -0.39 is 0 Å². The molecule has 1 aliphatic rings. The normalized spacial score (nSPS) is 20.1. The average molecular weight is 238 g/mol. The largest absolute Gasteiger partial charge is 0.398 e. The first kappa shape index (κ1) is 11.3. The van der Waals surface area contributed by atoms with Crippen LogP contribution in [0.4, 0.5) is 11.4 Å². The van der Waals surface area contributed by atoms with Crippen LogP contribution in [0.5, 0.6) is 0 Å². The van der Waals surface area contributed by atoms with Gasteiger partial charge in [-0.2, -0.15) is 0 Å². The molecule has 1 aromatic rings. The Kier molecular flexibility index (Phi) is 3.06. The minimum atomic E-state index is 0.581. The number of rotatable bonds is 2. The summed E-state index contributed by atoms with van der Waals surface area (Å²) in [4.78, 5) is 2.26. The molecule has 1 atom stereocenters. The van der Waals surface area contributed by atoms with E-state index in [-0.39, 0.29) is 0 Å². The maximum atomic E-state index is 7.44. The lowest BCUT2D eigenvalue weighted by atomic mass is 10.1. The van der Waals surface area contributed by atoms with E-state index in [0.717, 1.165) is 24.3 Å². The van der Waals surface area contributed by atoms with E-state index >= 15 is 0 Å². The highest BCUT2D eigenvalue weighted by atomic mass is 35.5. The zero-order valence-electron chi connectivity index (χ0n) is 9.33. The molecule has 1 heterocycles. The van der Waals surface area contributed by atoms with Gasteiger partial charge in [0.15, 0.2) is 0 Å². The maximum absolute atomic E-state index is 7.44. The molecule has 3 N–H and O–H groups in total. The van der Waals surface area contributed by atoms with Crippen LogP contribution in [-0.4, -0.2) is 19.3 Å². The van der Waals surface area contributed by atoms with Gasteiger partial charge < -0.3 is 16.0 Å². The van der Waals surface area contributed by atoms with Crippen molar-refractivity contribution in [3.63, 3.8) is 0 Å². The fraction of sp³-hybridized carbons (Fsp3) is 0.417. The van der Waals surface area contributed by atoms with E-state index in [1.54, 1.807) is 6.07 Å². The highest BCUT2D eigenvalue weighted by Crippen LogP contribution is 2.32. The molecule has 0 aromatic heterocycles. The molecular weight excluding hydrogens is 222 g/mol. The lowest BCUT2D eigenvalue weighted by Crippen LogP contribution is -2.21. The Labute approximate surface area is 101 Å². The van der Waals surface area contributed by atoms with Gasteiger partial charge in [0, 0.05) is 41.3 Å². The number of nitrogens with zero attached hydrogens (tertiary/aromatic N) is 1. The van der Waals surface area contributed by atoms with Crippen LogP contribution in [0, 0.1) is 11.3 Å². The average Bonchev–Trinajstić information content (AvgIpc) is 2.63. The number of anilines is 2. The van der Waals surface area contributed by atoms with Gasteiger partial charge in [-0.15, -0.1) is 0 Å². The van der Waals surface area contributed by atoms with E-state index in [1.165, 1.54) is 12.6 Å². The van der Waals surface area contributed by atoms with E-state index in [2.05, 4.69) is 11.8 Å². The lowest BCUT2D eigenvalue weighted by molar-refractivity contribution is 0.659. The van der Waals surface area contributed by atoms with Crippen LogP contribution in [-0.2, 0) is 0 Å². The summed E-state index contributed by atoms with van der Waals surface area (Å²) in [6.07, 6.45) is 2.49. The van der Waals surface area contributed by atoms with Crippen molar-refractivity contribution in [3.8, 4) is 0 Å². The topological polar surface area (TPSA) is 53.1 Å². The van der Waals surface area contributed by atoms with Crippen LogP contribution in [0.1, 0.15) is 18.9 Å². The number of benzene rings is 1. The Morgan fingerprint density at radius 2 is 2.31 bits per heavy atom. The molecule has 0 bridgehead atoms. The van der Waals surface area contributed by atoms with Gasteiger partial charge in [-0.3, -0.25) is 0 Å². The lowest BCUT2D eigenvalue weighted by Gasteiger charge is -2.21. The number of nitrogen functional groups attached to an aromatic ring is 1. The Hall–Kier alpha value is -1.22. The number of halogens is 1. The summed E-state index contributed by atoms with van der Waals surface area (Å²) < 4.78 is 0. The van der Waals surface area contributed by atoms with Crippen molar-refractivity contribution in [1.82, 2.24) is 0 Å². The minimum absolute atomic E-state index is 0.581. The maximum Gasteiger partial charge on any atom is 0.0491 e. The van der Waals surface area contributed by atoms with Crippen LogP contribution in [0.15, 0.2) is 12.1 Å². The molecule has 1 saturated heterocycles. The first-order valence-corrected chi connectivity index (χ1v) is 5.84. The van der Waals surface area contributed by atoms with Gasteiger partial charge in [-0.25, -0.2) is 0 Å². The van der Waals surface area contributed by atoms with Crippen LogP contribution in [0.3, 0.4) is 0 Å². The molecule has 4 heteroatoms. The third-order valence-corrected chi connectivity index (χ3v) is 3.28. The molecule has 0 aliphatic carbocycles. The third kappa shape index (κ3) is 2.00. The summed E-state index contributed by atoms with van der Waals surface area (Å²) in [5.41, 5.74) is 8.22. The standard InChI is InChI=1S/C12H16ClN3/c1-8-2-3-16(7-8)12-5-9(13)4-11(15)10(12)6-14/h4-6,8,14H,2-3,7,15H2,1H3. The Morgan fingerprint density at radius 3 is 2.88 bits per heavy atom. The van der Waals surface area contributed by atoms with Gasteiger partial charge in [0.05, 0.1) is 0 Å². The van der Waals surface area contributed by atoms with E-state index in [4.69, 9.17) is 22.7 Å². The van der Waals surface area contributed by atoms with Crippen LogP contribution in [0.2, 0.25) is 5.02 Å². The summed E-state index contributed by atoms with van der Waals surface area (Å²) in [7, 11) is 0. The number of hydrogen-bond donors (Lipinski definition) is 2. The molecule has 16 heavy (non-hydrogen) atoms. The number of nitrogens with two attached hydrogens (primary N) is 1. The van der Waals surface area contributed by atoms with Crippen LogP contribution >= 0.6 is 11.6 Å². The van der Waals surface area contributed by atoms with Gasteiger partial charge in [0.1, 0.15) is 0 Å². The molecule has 1 aromatic carbocycles. The molecule has 86 valence electrons. The molecule has 2 rings (SSSR count). The van der Waals surface area contributed by atoms with Crippen molar-refractivity contribution < 1.29 is 0 Å².